The first-order valence-corrected chi connectivity index (χ1v) is 8.99. The van der Waals surface area contributed by atoms with Gasteiger partial charge in [-0.3, -0.25) is 0 Å². The van der Waals surface area contributed by atoms with Crippen LogP contribution in [-0.4, -0.2) is 0 Å². The normalized spacial score (nSPS) is 37.3. The third-order valence-corrected chi connectivity index (χ3v) is 7.54. The van der Waals surface area contributed by atoms with Crippen molar-refractivity contribution in [3.05, 3.63) is 107 Å². The van der Waals surface area contributed by atoms with Gasteiger partial charge in [0, 0.05) is 10.8 Å². The Kier molecular flexibility index (Phi) is 2.08. The minimum Gasteiger partial charge on any atom is -0.0622 e. The monoisotopic (exact) mass is 308 g/mol. The lowest BCUT2D eigenvalue weighted by Gasteiger charge is -2.43. The van der Waals surface area contributed by atoms with E-state index in [9.17, 15) is 0 Å². The molecule has 0 N–H and O–H groups in total. The van der Waals surface area contributed by atoms with Gasteiger partial charge in [-0.1, -0.05) is 91.9 Å². The minimum atomic E-state index is 0.157. The average molecular weight is 308 g/mol. The Morgan fingerprint density at radius 3 is 2.00 bits per heavy atom. The molecule has 3 aliphatic rings. The van der Waals surface area contributed by atoms with Gasteiger partial charge < -0.3 is 0 Å². The minimum absolute atomic E-state index is 0.157. The molecular formula is C24H20. The summed E-state index contributed by atoms with van der Waals surface area (Å²) in [7, 11) is 0. The summed E-state index contributed by atoms with van der Waals surface area (Å²) in [6, 6.07) is 31.8. The van der Waals surface area contributed by atoms with Crippen LogP contribution in [0.15, 0.2) is 84.9 Å². The third kappa shape index (κ3) is 1.00. The van der Waals surface area contributed by atoms with Crippen LogP contribution in [0.25, 0.3) is 0 Å². The van der Waals surface area contributed by atoms with Gasteiger partial charge in [0.2, 0.25) is 0 Å². The van der Waals surface area contributed by atoms with E-state index in [1.165, 1.54) is 17.5 Å². The molecule has 3 aromatic carbocycles. The summed E-state index contributed by atoms with van der Waals surface area (Å²) in [4.78, 5) is 0. The Balaban J connectivity index is 1.73. The molecule has 6 rings (SSSR count). The summed E-state index contributed by atoms with van der Waals surface area (Å²) in [5.41, 5.74) is 6.97. The molecule has 0 heteroatoms. The molecular weight excluding hydrogens is 288 g/mol. The zero-order chi connectivity index (χ0) is 16.0. The van der Waals surface area contributed by atoms with E-state index in [1.807, 2.05) is 0 Å². The van der Waals surface area contributed by atoms with E-state index >= 15 is 0 Å². The first-order chi connectivity index (χ1) is 11.8. The standard InChI is InChI=1S/C24H20/c1-22-16-21-19-14-8-9-15-20(19)23(22,17-10-4-2-5-11-17)24(21,22)18-12-6-3-7-13-18/h2-15,21H,16H2,1H3/t21-,22+,23-,24?/m1/s1. The summed E-state index contributed by atoms with van der Waals surface area (Å²) in [6.07, 6.45) is 1.31. The van der Waals surface area contributed by atoms with E-state index < -0.39 is 0 Å². The van der Waals surface area contributed by atoms with Crippen molar-refractivity contribution in [1.82, 2.24) is 0 Å². The molecule has 1 unspecified atom stereocenters. The van der Waals surface area contributed by atoms with Crippen molar-refractivity contribution in [2.75, 3.05) is 0 Å². The van der Waals surface area contributed by atoms with Gasteiger partial charge >= 0.3 is 0 Å². The van der Waals surface area contributed by atoms with E-state index in [4.69, 9.17) is 0 Å². The van der Waals surface area contributed by atoms with Crippen LogP contribution >= 0.6 is 0 Å². The lowest BCUT2D eigenvalue weighted by atomic mass is 9.60. The summed E-state index contributed by atoms with van der Waals surface area (Å²) >= 11 is 0. The zero-order valence-corrected chi connectivity index (χ0v) is 13.9. The second-order valence-corrected chi connectivity index (χ2v) is 7.97. The van der Waals surface area contributed by atoms with Gasteiger partial charge in [0.05, 0.1) is 0 Å². The topological polar surface area (TPSA) is 0 Å². The molecule has 2 fully saturated rings. The molecule has 3 aromatic rings. The van der Waals surface area contributed by atoms with Crippen LogP contribution in [0.5, 0.6) is 0 Å². The van der Waals surface area contributed by atoms with Crippen LogP contribution in [0.4, 0.5) is 0 Å². The van der Waals surface area contributed by atoms with Crippen molar-refractivity contribution in [1.29, 1.82) is 0 Å². The molecule has 0 spiro atoms. The fourth-order valence-electron chi connectivity index (χ4n) is 7.03. The van der Waals surface area contributed by atoms with Crippen LogP contribution in [0.2, 0.25) is 0 Å². The molecule has 4 atom stereocenters. The van der Waals surface area contributed by atoms with E-state index in [2.05, 4.69) is 91.9 Å². The first kappa shape index (κ1) is 13.0. The highest BCUT2D eigenvalue weighted by Crippen LogP contribution is 2.98. The summed E-state index contributed by atoms with van der Waals surface area (Å²) in [6.45, 7) is 2.53. The Hall–Kier alpha value is -2.34. The molecule has 0 aliphatic heterocycles. The quantitative estimate of drug-likeness (QED) is 0.592. The van der Waals surface area contributed by atoms with Crippen molar-refractivity contribution in [3.63, 3.8) is 0 Å². The predicted molar refractivity (Wildman–Crippen MR) is 97.2 cm³/mol. The lowest BCUT2D eigenvalue weighted by molar-refractivity contribution is 0.220. The van der Waals surface area contributed by atoms with Gasteiger partial charge in [0.25, 0.3) is 0 Å². The molecule has 2 saturated carbocycles. The van der Waals surface area contributed by atoms with Crippen LogP contribution in [0.3, 0.4) is 0 Å². The number of hydrogen-bond donors (Lipinski definition) is 0. The van der Waals surface area contributed by atoms with Gasteiger partial charge in [-0.05, 0) is 40.0 Å². The molecule has 0 heterocycles. The second-order valence-electron chi connectivity index (χ2n) is 7.97. The van der Waals surface area contributed by atoms with Crippen molar-refractivity contribution < 1.29 is 0 Å². The average Bonchev–Trinajstić information content (AvgIpc) is 2.90. The molecule has 0 bridgehead atoms. The van der Waals surface area contributed by atoms with Gasteiger partial charge in [0.15, 0.2) is 0 Å². The Morgan fingerprint density at radius 1 is 0.708 bits per heavy atom. The number of benzene rings is 3. The third-order valence-electron chi connectivity index (χ3n) is 7.54. The molecule has 24 heavy (non-hydrogen) atoms. The number of hydrogen-bond acceptors (Lipinski definition) is 0. The maximum atomic E-state index is 2.53. The highest BCUT2D eigenvalue weighted by atomic mass is 15.0. The van der Waals surface area contributed by atoms with Crippen LogP contribution in [0, 0.1) is 5.41 Å². The molecule has 0 aromatic heterocycles. The number of fused-ring (bicyclic) bond motifs is 4. The van der Waals surface area contributed by atoms with Gasteiger partial charge in [-0.25, -0.2) is 0 Å². The lowest BCUT2D eigenvalue weighted by Crippen LogP contribution is -2.36. The van der Waals surface area contributed by atoms with E-state index in [0.717, 1.165) is 0 Å². The van der Waals surface area contributed by atoms with Crippen LogP contribution in [0.1, 0.15) is 41.5 Å². The SMILES string of the molecule is C[C@]12C[C@@H]3c4ccccc4[C@@]1(c1ccccc1)C32c1ccccc1. The highest BCUT2D eigenvalue weighted by Gasteiger charge is 2.96. The maximum Gasteiger partial charge on any atom is 0.0376 e. The fourth-order valence-corrected chi connectivity index (χ4v) is 7.03. The Bertz CT molecular complexity index is 958. The Labute approximate surface area is 143 Å². The van der Waals surface area contributed by atoms with E-state index in [1.54, 1.807) is 11.1 Å². The van der Waals surface area contributed by atoms with Crippen molar-refractivity contribution >= 4 is 0 Å². The molecule has 0 saturated heterocycles. The second kappa shape index (κ2) is 3.83. The van der Waals surface area contributed by atoms with Crippen LogP contribution < -0.4 is 0 Å². The molecule has 3 aliphatic carbocycles. The molecule has 0 radical (unpaired) electrons. The Morgan fingerprint density at radius 2 is 1.29 bits per heavy atom. The first-order valence-electron chi connectivity index (χ1n) is 8.99. The van der Waals surface area contributed by atoms with Crippen LogP contribution in [-0.2, 0) is 10.8 Å². The fraction of sp³-hybridized carbons (Fsp3) is 0.250. The van der Waals surface area contributed by atoms with E-state index in [-0.39, 0.29) is 10.8 Å². The van der Waals surface area contributed by atoms with Crippen molar-refractivity contribution in [2.24, 2.45) is 5.41 Å². The highest BCUT2D eigenvalue weighted by molar-refractivity contribution is 5.77. The largest absolute Gasteiger partial charge is 0.0622 e. The maximum absolute atomic E-state index is 2.53. The molecule has 116 valence electrons. The molecule has 0 nitrogen and oxygen atoms in total. The van der Waals surface area contributed by atoms with Gasteiger partial charge in [0.1, 0.15) is 0 Å². The van der Waals surface area contributed by atoms with Crippen molar-refractivity contribution in [3.8, 4) is 0 Å². The van der Waals surface area contributed by atoms with Gasteiger partial charge in [-0.2, -0.15) is 0 Å². The van der Waals surface area contributed by atoms with Crippen molar-refractivity contribution in [2.45, 2.75) is 30.1 Å². The predicted octanol–water partition coefficient (Wildman–Crippen LogP) is 5.43. The summed E-state index contributed by atoms with van der Waals surface area (Å²) in [5, 5.41) is 0. The zero-order valence-electron chi connectivity index (χ0n) is 13.9. The molecule has 0 amide bonds. The summed E-state index contributed by atoms with van der Waals surface area (Å²) in [5.74, 6) is 0.668. The number of rotatable bonds is 2. The summed E-state index contributed by atoms with van der Waals surface area (Å²) < 4.78 is 0. The van der Waals surface area contributed by atoms with E-state index in [0.29, 0.717) is 11.3 Å². The van der Waals surface area contributed by atoms with Gasteiger partial charge in [-0.15, -0.1) is 0 Å². The smallest absolute Gasteiger partial charge is 0.0376 e.